The fourth-order valence-electron chi connectivity index (χ4n) is 2.91. The maximum Gasteiger partial charge on any atom is 0.291 e. The molecule has 154 valence electrons. The van der Waals surface area contributed by atoms with Gasteiger partial charge in [-0.15, -0.1) is 5.10 Å². The van der Waals surface area contributed by atoms with Gasteiger partial charge in [-0.1, -0.05) is 31.3 Å². The molecular formula is C22H22N4O3S. The molecule has 0 fully saturated rings. The largest absolute Gasteiger partial charge is 0.493 e. The molecule has 0 spiro atoms. The third kappa shape index (κ3) is 4.18. The van der Waals surface area contributed by atoms with Crippen molar-refractivity contribution in [2.24, 2.45) is 5.92 Å². The van der Waals surface area contributed by atoms with Crippen molar-refractivity contribution >= 4 is 22.4 Å². The van der Waals surface area contributed by atoms with Crippen LogP contribution in [-0.4, -0.2) is 33.3 Å². The number of methoxy groups -OCH3 is 1. The minimum Gasteiger partial charge on any atom is -0.493 e. The van der Waals surface area contributed by atoms with E-state index in [9.17, 15) is 4.79 Å². The summed E-state index contributed by atoms with van der Waals surface area (Å²) in [7, 11) is 1.61. The van der Waals surface area contributed by atoms with E-state index >= 15 is 0 Å². The van der Waals surface area contributed by atoms with Gasteiger partial charge >= 0.3 is 0 Å². The Morgan fingerprint density at radius 1 is 1.17 bits per heavy atom. The van der Waals surface area contributed by atoms with Gasteiger partial charge in [-0.2, -0.15) is 9.50 Å². The normalized spacial score (nSPS) is 12.1. The van der Waals surface area contributed by atoms with E-state index in [1.807, 2.05) is 36.4 Å². The summed E-state index contributed by atoms with van der Waals surface area (Å²) >= 11 is 1.30. The summed E-state index contributed by atoms with van der Waals surface area (Å²) in [5.74, 6) is 2.42. The molecular weight excluding hydrogens is 400 g/mol. The van der Waals surface area contributed by atoms with E-state index in [-0.39, 0.29) is 5.56 Å². The number of thiazole rings is 1. The van der Waals surface area contributed by atoms with Crippen LogP contribution in [0.3, 0.4) is 0 Å². The number of benzene rings is 1. The molecule has 0 saturated heterocycles. The van der Waals surface area contributed by atoms with Crippen molar-refractivity contribution in [3.8, 4) is 22.9 Å². The molecule has 0 bridgehead atoms. The van der Waals surface area contributed by atoms with Crippen LogP contribution in [-0.2, 0) is 0 Å². The Hall–Kier alpha value is -3.26. The van der Waals surface area contributed by atoms with Crippen LogP contribution in [0.25, 0.3) is 22.4 Å². The summed E-state index contributed by atoms with van der Waals surface area (Å²) in [5.41, 5.74) is 1.47. The molecule has 0 aliphatic heterocycles. The van der Waals surface area contributed by atoms with E-state index in [1.54, 1.807) is 19.5 Å². The quantitative estimate of drug-likeness (QED) is 0.455. The van der Waals surface area contributed by atoms with Gasteiger partial charge in [-0.3, -0.25) is 9.78 Å². The zero-order chi connectivity index (χ0) is 21.1. The average Bonchev–Trinajstić information content (AvgIpc) is 3.29. The minimum absolute atomic E-state index is 0.195. The second-order valence-electron chi connectivity index (χ2n) is 7.22. The highest BCUT2D eigenvalue weighted by atomic mass is 32.1. The smallest absolute Gasteiger partial charge is 0.291 e. The van der Waals surface area contributed by atoms with Crippen LogP contribution >= 0.6 is 11.3 Å². The first kappa shape index (κ1) is 20.0. The van der Waals surface area contributed by atoms with Gasteiger partial charge in [-0.25, -0.2) is 0 Å². The summed E-state index contributed by atoms with van der Waals surface area (Å²) < 4.78 is 13.2. The van der Waals surface area contributed by atoms with E-state index in [0.29, 0.717) is 39.3 Å². The number of rotatable bonds is 7. The van der Waals surface area contributed by atoms with Gasteiger partial charge in [0, 0.05) is 18.0 Å². The summed E-state index contributed by atoms with van der Waals surface area (Å²) in [4.78, 5) is 21.8. The Bertz CT molecular complexity index is 1270. The molecule has 4 aromatic rings. The number of aromatic nitrogens is 4. The van der Waals surface area contributed by atoms with E-state index in [1.165, 1.54) is 15.9 Å². The Morgan fingerprint density at radius 3 is 2.67 bits per heavy atom. The monoisotopic (exact) mass is 422 g/mol. The molecule has 4 rings (SSSR count). The van der Waals surface area contributed by atoms with Crippen LogP contribution in [0.5, 0.6) is 11.5 Å². The van der Waals surface area contributed by atoms with Gasteiger partial charge in [0.1, 0.15) is 0 Å². The van der Waals surface area contributed by atoms with Crippen LogP contribution in [0.1, 0.15) is 25.8 Å². The molecule has 30 heavy (non-hydrogen) atoms. The van der Waals surface area contributed by atoms with Gasteiger partial charge < -0.3 is 9.47 Å². The van der Waals surface area contributed by atoms with E-state index in [0.717, 1.165) is 17.5 Å². The van der Waals surface area contributed by atoms with Crippen molar-refractivity contribution in [3.05, 3.63) is 63.2 Å². The van der Waals surface area contributed by atoms with Crippen molar-refractivity contribution in [2.75, 3.05) is 13.7 Å². The molecule has 0 amide bonds. The molecule has 0 unspecified atom stereocenters. The molecule has 8 heteroatoms. The minimum atomic E-state index is -0.195. The highest BCUT2D eigenvalue weighted by Crippen LogP contribution is 2.28. The fourth-order valence-corrected chi connectivity index (χ4v) is 3.81. The number of pyridine rings is 1. The number of hydrogen-bond donors (Lipinski definition) is 0. The molecule has 0 saturated carbocycles. The second-order valence-corrected chi connectivity index (χ2v) is 8.23. The lowest BCUT2D eigenvalue weighted by Crippen LogP contribution is -2.23. The standard InChI is InChI=1S/C22H22N4O3S/c1-14(2)8-11-29-17-5-4-15(12-18(17)28-3)13-19-21(27)26-22(30-19)24-20(25-26)16-6-9-23-10-7-16/h4-7,9-10,12-14H,8,11H2,1-3H3. The van der Waals surface area contributed by atoms with Crippen molar-refractivity contribution in [3.63, 3.8) is 0 Å². The number of nitrogens with zero attached hydrogens (tertiary/aromatic N) is 4. The van der Waals surface area contributed by atoms with Crippen LogP contribution in [0, 0.1) is 5.92 Å². The van der Waals surface area contributed by atoms with E-state index in [2.05, 4.69) is 28.9 Å². The Labute approximate surface area is 177 Å². The van der Waals surface area contributed by atoms with Crippen LogP contribution in [0.15, 0.2) is 47.5 Å². The third-order valence-corrected chi connectivity index (χ3v) is 5.52. The lowest BCUT2D eigenvalue weighted by atomic mass is 10.1. The maximum atomic E-state index is 12.8. The predicted molar refractivity (Wildman–Crippen MR) is 117 cm³/mol. The first-order chi connectivity index (χ1) is 14.5. The molecule has 0 atom stereocenters. The van der Waals surface area contributed by atoms with Crippen molar-refractivity contribution in [1.82, 2.24) is 19.6 Å². The van der Waals surface area contributed by atoms with Crippen molar-refractivity contribution in [1.29, 1.82) is 0 Å². The second kappa shape index (κ2) is 8.62. The van der Waals surface area contributed by atoms with Crippen LogP contribution < -0.4 is 19.6 Å². The first-order valence-electron chi connectivity index (χ1n) is 9.67. The lowest BCUT2D eigenvalue weighted by molar-refractivity contribution is 0.273. The summed E-state index contributed by atoms with van der Waals surface area (Å²) in [6.07, 6.45) is 6.13. The fraction of sp³-hybridized carbons (Fsp3) is 0.273. The molecule has 3 aromatic heterocycles. The topological polar surface area (TPSA) is 78.6 Å². The number of fused-ring (bicyclic) bond motifs is 1. The zero-order valence-corrected chi connectivity index (χ0v) is 17.8. The molecule has 0 aliphatic rings. The highest BCUT2D eigenvalue weighted by Gasteiger charge is 2.12. The summed E-state index contributed by atoms with van der Waals surface area (Å²) in [6, 6.07) is 9.27. The van der Waals surface area contributed by atoms with Gasteiger partial charge in [0.05, 0.1) is 18.2 Å². The molecule has 7 nitrogen and oxygen atoms in total. The highest BCUT2D eigenvalue weighted by molar-refractivity contribution is 7.15. The Morgan fingerprint density at radius 2 is 1.97 bits per heavy atom. The maximum absolute atomic E-state index is 12.8. The molecule has 1 aromatic carbocycles. The summed E-state index contributed by atoms with van der Waals surface area (Å²) in [6.45, 7) is 4.95. The Kier molecular flexibility index (Phi) is 5.76. The van der Waals surface area contributed by atoms with Gasteiger partial charge in [0.2, 0.25) is 4.96 Å². The van der Waals surface area contributed by atoms with Gasteiger partial charge in [0.25, 0.3) is 5.56 Å². The number of hydrogen-bond acceptors (Lipinski definition) is 7. The van der Waals surface area contributed by atoms with Crippen molar-refractivity contribution in [2.45, 2.75) is 20.3 Å². The van der Waals surface area contributed by atoms with E-state index in [4.69, 9.17) is 9.47 Å². The van der Waals surface area contributed by atoms with Gasteiger partial charge in [-0.05, 0) is 48.2 Å². The van der Waals surface area contributed by atoms with Crippen LogP contribution in [0.4, 0.5) is 0 Å². The molecule has 3 heterocycles. The Balaban J connectivity index is 1.63. The zero-order valence-electron chi connectivity index (χ0n) is 17.0. The van der Waals surface area contributed by atoms with E-state index < -0.39 is 0 Å². The average molecular weight is 423 g/mol. The van der Waals surface area contributed by atoms with Crippen LogP contribution in [0.2, 0.25) is 0 Å². The summed E-state index contributed by atoms with van der Waals surface area (Å²) in [5, 5.41) is 4.35. The molecule has 0 N–H and O–H groups in total. The molecule has 0 radical (unpaired) electrons. The first-order valence-corrected chi connectivity index (χ1v) is 10.5. The van der Waals surface area contributed by atoms with Gasteiger partial charge in [0.15, 0.2) is 17.3 Å². The molecule has 0 aliphatic carbocycles. The SMILES string of the molecule is COc1cc(C=c2sc3nc(-c4ccncc4)nn3c2=O)ccc1OCCC(C)C. The van der Waals surface area contributed by atoms with Crippen molar-refractivity contribution < 1.29 is 9.47 Å². The number of ether oxygens (including phenoxy) is 2. The lowest BCUT2D eigenvalue weighted by Gasteiger charge is -2.12. The predicted octanol–water partition coefficient (Wildman–Crippen LogP) is 3.19. The third-order valence-electron chi connectivity index (χ3n) is 4.56.